The number of fused-ring (bicyclic) bond motifs is 1. The molecule has 1 aliphatic carbocycles. The van der Waals surface area contributed by atoms with Gasteiger partial charge in [-0.2, -0.15) is 0 Å². The van der Waals surface area contributed by atoms with E-state index in [2.05, 4.69) is 6.92 Å². The molecule has 0 saturated carbocycles. The molecule has 26 heavy (non-hydrogen) atoms. The Balaban J connectivity index is 1.63. The van der Waals surface area contributed by atoms with Crippen LogP contribution >= 0.6 is 11.3 Å². The van der Waals surface area contributed by atoms with Gasteiger partial charge < -0.3 is 14.2 Å². The lowest BCUT2D eigenvalue weighted by atomic mass is 9.90. The van der Waals surface area contributed by atoms with Crippen LogP contribution < -0.4 is 9.47 Å². The molecule has 1 aromatic carbocycles. The van der Waals surface area contributed by atoms with Gasteiger partial charge in [0.15, 0.2) is 23.9 Å². The summed E-state index contributed by atoms with van der Waals surface area (Å²) < 4.78 is 15.6. The van der Waals surface area contributed by atoms with Crippen LogP contribution in [0.1, 0.15) is 43.8 Å². The largest absolute Gasteiger partial charge is 0.493 e. The number of carbonyl (C=O) groups excluding carboxylic acids is 2. The second-order valence-electron chi connectivity index (χ2n) is 6.48. The summed E-state index contributed by atoms with van der Waals surface area (Å²) in [4.78, 5) is 26.4. The first-order valence-electron chi connectivity index (χ1n) is 8.55. The van der Waals surface area contributed by atoms with Crippen molar-refractivity contribution in [2.24, 2.45) is 5.92 Å². The number of rotatable bonds is 6. The number of ether oxygens (including phenoxy) is 3. The van der Waals surface area contributed by atoms with E-state index in [0.29, 0.717) is 27.9 Å². The van der Waals surface area contributed by atoms with Gasteiger partial charge in [0.2, 0.25) is 0 Å². The van der Waals surface area contributed by atoms with Crippen LogP contribution in [0.15, 0.2) is 24.3 Å². The van der Waals surface area contributed by atoms with Crippen molar-refractivity contribution in [2.45, 2.75) is 26.2 Å². The van der Waals surface area contributed by atoms with Crippen LogP contribution in [0.5, 0.6) is 11.5 Å². The molecule has 0 bridgehead atoms. The average Bonchev–Trinajstić information content (AvgIpc) is 3.08. The molecule has 3 rings (SSSR count). The quantitative estimate of drug-likeness (QED) is 0.566. The van der Waals surface area contributed by atoms with Crippen LogP contribution in [0.25, 0.3) is 0 Å². The first kappa shape index (κ1) is 18.5. The van der Waals surface area contributed by atoms with Gasteiger partial charge in [-0.25, -0.2) is 4.79 Å². The Morgan fingerprint density at radius 3 is 2.65 bits per heavy atom. The molecular weight excluding hydrogens is 352 g/mol. The van der Waals surface area contributed by atoms with Gasteiger partial charge in [0.1, 0.15) is 4.88 Å². The van der Waals surface area contributed by atoms with Crippen LogP contribution in [0.2, 0.25) is 0 Å². The number of benzene rings is 1. The number of ketones is 1. The summed E-state index contributed by atoms with van der Waals surface area (Å²) in [5, 5.41) is 0. The van der Waals surface area contributed by atoms with Gasteiger partial charge in [-0.1, -0.05) is 6.92 Å². The van der Waals surface area contributed by atoms with Gasteiger partial charge in [-0.05, 0) is 55.0 Å². The van der Waals surface area contributed by atoms with Crippen molar-refractivity contribution in [1.82, 2.24) is 0 Å². The van der Waals surface area contributed by atoms with Crippen molar-refractivity contribution in [2.75, 3.05) is 20.8 Å². The SMILES string of the molecule is COc1ccc(C(=O)COC(=O)c2cc3c(s2)CC[C@@H](C)C3)cc1OC. The summed E-state index contributed by atoms with van der Waals surface area (Å²) in [5.41, 5.74) is 1.65. The molecular formula is C20H22O5S. The molecule has 0 fully saturated rings. The fraction of sp³-hybridized carbons (Fsp3) is 0.400. The van der Waals surface area contributed by atoms with Crippen LogP contribution in [0, 0.1) is 5.92 Å². The monoisotopic (exact) mass is 374 g/mol. The predicted molar refractivity (Wildman–Crippen MR) is 99.7 cm³/mol. The Hall–Kier alpha value is -2.34. The van der Waals surface area contributed by atoms with E-state index in [1.54, 1.807) is 18.2 Å². The number of thiophene rings is 1. The minimum atomic E-state index is -0.439. The number of aryl methyl sites for hydroxylation is 1. The highest BCUT2D eigenvalue weighted by Gasteiger charge is 2.22. The molecule has 0 N–H and O–H groups in total. The summed E-state index contributed by atoms with van der Waals surface area (Å²) in [6, 6.07) is 6.78. The van der Waals surface area contributed by atoms with Gasteiger partial charge in [0.25, 0.3) is 0 Å². The number of carbonyl (C=O) groups is 2. The third kappa shape index (κ3) is 3.90. The number of hydrogen-bond acceptors (Lipinski definition) is 6. The first-order chi connectivity index (χ1) is 12.5. The number of esters is 1. The topological polar surface area (TPSA) is 61.8 Å². The summed E-state index contributed by atoms with van der Waals surface area (Å²) in [6.45, 7) is 1.92. The Labute approximate surface area is 156 Å². The molecule has 0 aliphatic heterocycles. The molecule has 1 aromatic heterocycles. The standard InChI is InChI=1S/C20H22O5S/c1-12-4-7-18-14(8-12)10-19(26-18)20(22)25-11-15(21)13-5-6-16(23-2)17(9-13)24-3/h5-6,9-10,12H,4,7-8,11H2,1-3H3/t12-/m1/s1. The Bertz CT molecular complexity index is 824. The van der Waals surface area contributed by atoms with E-state index in [0.717, 1.165) is 19.3 Å². The molecule has 0 radical (unpaired) electrons. The van der Waals surface area contributed by atoms with E-state index >= 15 is 0 Å². The Morgan fingerprint density at radius 2 is 1.92 bits per heavy atom. The molecule has 1 atom stereocenters. The minimum Gasteiger partial charge on any atom is -0.493 e. The average molecular weight is 374 g/mol. The zero-order chi connectivity index (χ0) is 18.7. The van der Waals surface area contributed by atoms with E-state index in [9.17, 15) is 9.59 Å². The molecule has 1 aliphatic rings. The summed E-state index contributed by atoms with van der Waals surface area (Å²) in [5.74, 6) is 0.928. The van der Waals surface area contributed by atoms with Crippen molar-refractivity contribution in [3.8, 4) is 11.5 Å². The van der Waals surface area contributed by atoms with E-state index in [1.807, 2.05) is 6.07 Å². The number of Topliss-reactive ketones (excluding diaryl/α,β-unsaturated/α-hetero) is 1. The van der Waals surface area contributed by atoms with Crippen molar-refractivity contribution >= 4 is 23.1 Å². The van der Waals surface area contributed by atoms with Gasteiger partial charge in [-0.15, -0.1) is 11.3 Å². The maximum atomic E-state index is 12.3. The van der Waals surface area contributed by atoms with Gasteiger partial charge in [0.05, 0.1) is 14.2 Å². The normalized spacial score (nSPS) is 15.9. The van der Waals surface area contributed by atoms with Crippen LogP contribution in [-0.2, 0) is 17.6 Å². The van der Waals surface area contributed by atoms with Crippen molar-refractivity contribution in [3.05, 3.63) is 45.1 Å². The number of hydrogen-bond donors (Lipinski definition) is 0. The van der Waals surface area contributed by atoms with Crippen LogP contribution in [0.4, 0.5) is 0 Å². The fourth-order valence-corrected chi connectivity index (χ4v) is 4.20. The molecule has 0 saturated heterocycles. The summed E-state index contributed by atoms with van der Waals surface area (Å²) in [6.07, 6.45) is 3.17. The maximum Gasteiger partial charge on any atom is 0.348 e. The highest BCUT2D eigenvalue weighted by molar-refractivity contribution is 7.14. The Morgan fingerprint density at radius 1 is 1.15 bits per heavy atom. The molecule has 0 unspecified atom stereocenters. The molecule has 5 nitrogen and oxygen atoms in total. The lowest BCUT2D eigenvalue weighted by Gasteiger charge is -2.16. The molecule has 0 amide bonds. The lowest BCUT2D eigenvalue weighted by molar-refractivity contribution is 0.0479. The third-order valence-corrected chi connectivity index (χ3v) is 5.79. The van der Waals surface area contributed by atoms with Crippen LogP contribution in [-0.4, -0.2) is 32.6 Å². The molecule has 6 heteroatoms. The maximum absolute atomic E-state index is 12.3. The predicted octanol–water partition coefficient (Wildman–Crippen LogP) is 3.93. The zero-order valence-corrected chi connectivity index (χ0v) is 16.0. The fourth-order valence-electron chi connectivity index (χ4n) is 3.10. The minimum absolute atomic E-state index is 0.283. The van der Waals surface area contributed by atoms with Crippen LogP contribution in [0.3, 0.4) is 0 Å². The van der Waals surface area contributed by atoms with E-state index in [1.165, 1.54) is 36.0 Å². The van der Waals surface area contributed by atoms with Crippen molar-refractivity contribution < 1.29 is 23.8 Å². The molecule has 2 aromatic rings. The highest BCUT2D eigenvalue weighted by atomic mass is 32.1. The molecule has 1 heterocycles. The highest BCUT2D eigenvalue weighted by Crippen LogP contribution is 2.32. The van der Waals surface area contributed by atoms with E-state index in [-0.39, 0.29) is 12.4 Å². The summed E-state index contributed by atoms with van der Waals surface area (Å²) in [7, 11) is 3.04. The van der Waals surface area contributed by atoms with E-state index in [4.69, 9.17) is 14.2 Å². The van der Waals surface area contributed by atoms with Crippen molar-refractivity contribution in [1.29, 1.82) is 0 Å². The van der Waals surface area contributed by atoms with Gasteiger partial charge >= 0.3 is 5.97 Å². The Kier molecular flexibility index (Phi) is 5.61. The van der Waals surface area contributed by atoms with Gasteiger partial charge in [0, 0.05) is 10.4 Å². The number of methoxy groups -OCH3 is 2. The molecule has 0 spiro atoms. The second kappa shape index (κ2) is 7.91. The summed E-state index contributed by atoms with van der Waals surface area (Å²) >= 11 is 1.48. The second-order valence-corrected chi connectivity index (χ2v) is 7.61. The van der Waals surface area contributed by atoms with Gasteiger partial charge in [-0.3, -0.25) is 4.79 Å². The third-order valence-electron chi connectivity index (χ3n) is 4.57. The molecule has 138 valence electrons. The zero-order valence-electron chi connectivity index (χ0n) is 15.2. The first-order valence-corrected chi connectivity index (χ1v) is 9.37. The van der Waals surface area contributed by atoms with E-state index < -0.39 is 5.97 Å². The lowest BCUT2D eigenvalue weighted by Crippen LogP contribution is -2.13. The smallest absolute Gasteiger partial charge is 0.348 e. The van der Waals surface area contributed by atoms with Crippen molar-refractivity contribution in [3.63, 3.8) is 0 Å².